The first kappa shape index (κ1) is 19.8. The van der Waals surface area contributed by atoms with Crippen LogP contribution in [-0.2, 0) is 0 Å². The van der Waals surface area contributed by atoms with E-state index in [0.29, 0.717) is 33.8 Å². The fraction of sp³-hybridized carbons (Fsp3) is 0.160. The highest BCUT2D eigenvalue weighted by Crippen LogP contribution is 2.42. The van der Waals surface area contributed by atoms with Crippen LogP contribution in [0.25, 0.3) is 11.0 Å². The van der Waals surface area contributed by atoms with Crippen LogP contribution in [0, 0.1) is 6.92 Å². The molecule has 0 spiro atoms. The van der Waals surface area contributed by atoms with Crippen LogP contribution in [0.15, 0.2) is 70.0 Å². The summed E-state index contributed by atoms with van der Waals surface area (Å²) < 4.78 is 16.8. The van der Waals surface area contributed by atoms with Gasteiger partial charge >= 0.3 is 0 Å². The Bertz CT molecular complexity index is 1410. The molecule has 4 aromatic rings. The first-order valence-corrected chi connectivity index (χ1v) is 10.1. The number of hydrogen-bond acceptors (Lipinski definition) is 6. The molecule has 3 heterocycles. The number of amides is 1. The molecule has 0 unspecified atom stereocenters. The Labute approximate surface area is 183 Å². The van der Waals surface area contributed by atoms with E-state index in [-0.39, 0.29) is 16.8 Å². The van der Waals surface area contributed by atoms with E-state index in [1.54, 1.807) is 55.8 Å². The summed E-state index contributed by atoms with van der Waals surface area (Å²) in [6, 6.07) is 15.2. The first-order valence-electron chi connectivity index (χ1n) is 10.1. The normalized spacial score (nSPS) is 15.2. The van der Waals surface area contributed by atoms with Gasteiger partial charge in [-0.3, -0.25) is 14.5 Å². The Balaban J connectivity index is 1.82. The second kappa shape index (κ2) is 7.53. The fourth-order valence-electron chi connectivity index (χ4n) is 4.16. The van der Waals surface area contributed by atoms with Crippen LogP contribution in [0.4, 0.5) is 5.82 Å². The Morgan fingerprint density at radius 3 is 2.50 bits per heavy atom. The number of aromatic nitrogens is 1. The highest BCUT2D eigenvalue weighted by molar-refractivity contribution is 6.10. The van der Waals surface area contributed by atoms with Crippen molar-refractivity contribution in [1.82, 2.24) is 4.98 Å². The van der Waals surface area contributed by atoms with E-state index in [1.807, 2.05) is 19.1 Å². The second-order valence-electron chi connectivity index (χ2n) is 7.55. The van der Waals surface area contributed by atoms with Crippen LogP contribution >= 0.6 is 0 Å². The van der Waals surface area contributed by atoms with Gasteiger partial charge in [-0.2, -0.15) is 0 Å². The quantitative estimate of drug-likeness (QED) is 0.483. The third-order valence-corrected chi connectivity index (χ3v) is 5.65. The lowest BCUT2D eigenvalue weighted by Crippen LogP contribution is -2.30. The van der Waals surface area contributed by atoms with E-state index in [9.17, 15) is 9.59 Å². The van der Waals surface area contributed by atoms with Gasteiger partial charge in [0.1, 0.15) is 11.4 Å². The minimum absolute atomic E-state index is 0.0248. The Kier molecular flexibility index (Phi) is 4.66. The number of nitrogens with zero attached hydrogens (tertiary/aromatic N) is 2. The molecular formula is C25H20N2O5. The SMILES string of the molecule is COc1ccc([C@H]2c3c(oc4ccc(C)cc4c3=O)C(=O)N2c2ccccn2)cc1OC. The molecule has 2 aromatic carbocycles. The number of anilines is 1. The molecule has 0 saturated carbocycles. The largest absolute Gasteiger partial charge is 0.493 e. The van der Waals surface area contributed by atoms with Gasteiger partial charge in [-0.15, -0.1) is 0 Å². The monoisotopic (exact) mass is 428 g/mol. The van der Waals surface area contributed by atoms with Crippen molar-refractivity contribution >= 4 is 22.7 Å². The summed E-state index contributed by atoms with van der Waals surface area (Å²) in [5.74, 6) is 1.07. The highest BCUT2D eigenvalue weighted by Gasteiger charge is 2.44. The second-order valence-corrected chi connectivity index (χ2v) is 7.55. The number of benzene rings is 2. The summed E-state index contributed by atoms with van der Waals surface area (Å²) in [6.07, 6.45) is 1.60. The summed E-state index contributed by atoms with van der Waals surface area (Å²) in [5, 5.41) is 0.435. The lowest BCUT2D eigenvalue weighted by Gasteiger charge is -2.24. The maximum absolute atomic E-state index is 13.6. The van der Waals surface area contributed by atoms with Crippen LogP contribution in [-0.4, -0.2) is 25.1 Å². The average molecular weight is 428 g/mol. The van der Waals surface area contributed by atoms with Gasteiger partial charge in [0.2, 0.25) is 5.76 Å². The lowest BCUT2D eigenvalue weighted by atomic mass is 9.97. The Morgan fingerprint density at radius 2 is 1.78 bits per heavy atom. The minimum atomic E-state index is -0.728. The topological polar surface area (TPSA) is 81.9 Å². The molecule has 0 saturated heterocycles. The maximum Gasteiger partial charge on any atom is 0.296 e. The third-order valence-electron chi connectivity index (χ3n) is 5.65. The number of carbonyl (C=O) groups excluding carboxylic acids is 1. The molecule has 5 rings (SSSR count). The zero-order valence-electron chi connectivity index (χ0n) is 17.8. The summed E-state index contributed by atoms with van der Waals surface area (Å²) >= 11 is 0. The summed E-state index contributed by atoms with van der Waals surface area (Å²) in [5.41, 5.74) is 2.03. The van der Waals surface area contributed by atoms with Crippen LogP contribution in [0.3, 0.4) is 0 Å². The number of pyridine rings is 1. The summed E-state index contributed by atoms with van der Waals surface area (Å²) in [6.45, 7) is 1.91. The predicted molar refractivity (Wildman–Crippen MR) is 120 cm³/mol. The number of ether oxygens (including phenoxy) is 2. The highest BCUT2D eigenvalue weighted by atomic mass is 16.5. The molecule has 2 aromatic heterocycles. The van der Waals surface area contributed by atoms with Gasteiger partial charge in [0, 0.05) is 6.20 Å². The molecule has 1 atom stereocenters. The van der Waals surface area contributed by atoms with Gasteiger partial charge in [-0.1, -0.05) is 23.8 Å². The molecular weight excluding hydrogens is 408 g/mol. The van der Waals surface area contributed by atoms with E-state index in [4.69, 9.17) is 13.9 Å². The molecule has 1 aliphatic rings. The summed E-state index contributed by atoms with van der Waals surface area (Å²) in [7, 11) is 3.09. The zero-order valence-corrected chi connectivity index (χ0v) is 17.8. The first-order chi connectivity index (χ1) is 15.5. The van der Waals surface area contributed by atoms with Crippen molar-refractivity contribution in [2.24, 2.45) is 0 Å². The lowest BCUT2D eigenvalue weighted by molar-refractivity contribution is 0.0970. The van der Waals surface area contributed by atoms with Crippen molar-refractivity contribution in [1.29, 1.82) is 0 Å². The molecule has 1 aliphatic heterocycles. The van der Waals surface area contributed by atoms with Gasteiger partial charge in [0.15, 0.2) is 16.9 Å². The predicted octanol–water partition coefficient (Wildman–Crippen LogP) is 4.26. The Hall–Kier alpha value is -4.13. The molecule has 0 fully saturated rings. The van der Waals surface area contributed by atoms with Crippen molar-refractivity contribution in [2.45, 2.75) is 13.0 Å². The van der Waals surface area contributed by atoms with Crippen molar-refractivity contribution in [3.63, 3.8) is 0 Å². The molecule has 0 aliphatic carbocycles. The van der Waals surface area contributed by atoms with E-state index >= 15 is 0 Å². The summed E-state index contributed by atoms with van der Waals surface area (Å²) in [4.78, 5) is 33.0. The molecule has 1 amide bonds. The van der Waals surface area contributed by atoms with E-state index in [2.05, 4.69) is 4.98 Å². The molecule has 0 N–H and O–H groups in total. The van der Waals surface area contributed by atoms with Crippen LogP contribution < -0.4 is 19.8 Å². The van der Waals surface area contributed by atoms with Crippen LogP contribution in [0.1, 0.15) is 33.3 Å². The van der Waals surface area contributed by atoms with Crippen LogP contribution in [0.2, 0.25) is 0 Å². The van der Waals surface area contributed by atoms with Gasteiger partial charge in [-0.25, -0.2) is 4.98 Å². The number of fused-ring (bicyclic) bond motifs is 2. The van der Waals surface area contributed by atoms with Crippen molar-refractivity contribution in [3.05, 3.63) is 93.5 Å². The van der Waals surface area contributed by atoms with E-state index < -0.39 is 11.9 Å². The fourth-order valence-corrected chi connectivity index (χ4v) is 4.16. The number of carbonyl (C=O) groups is 1. The number of methoxy groups -OCH3 is 2. The Morgan fingerprint density at radius 1 is 0.969 bits per heavy atom. The smallest absolute Gasteiger partial charge is 0.296 e. The number of hydrogen-bond donors (Lipinski definition) is 0. The van der Waals surface area contributed by atoms with Gasteiger partial charge < -0.3 is 13.9 Å². The molecule has 7 heteroatoms. The molecule has 0 radical (unpaired) electrons. The van der Waals surface area contributed by atoms with E-state index in [0.717, 1.165) is 5.56 Å². The van der Waals surface area contributed by atoms with Crippen molar-refractivity contribution in [3.8, 4) is 11.5 Å². The van der Waals surface area contributed by atoms with Crippen LogP contribution in [0.5, 0.6) is 11.5 Å². The molecule has 0 bridgehead atoms. The van der Waals surface area contributed by atoms with Crippen molar-refractivity contribution < 1.29 is 18.7 Å². The zero-order chi connectivity index (χ0) is 22.4. The van der Waals surface area contributed by atoms with Gasteiger partial charge in [0.05, 0.1) is 31.2 Å². The molecule has 7 nitrogen and oxygen atoms in total. The number of rotatable bonds is 4. The maximum atomic E-state index is 13.6. The standard InChI is InChI=1S/C25H20N2O5/c1-14-7-9-17-16(12-14)23(28)21-22(15-8-10-18(30-2)19(13-15)31-3)27(25(29)24(21)32-17)20-6-4-5-11-26-20/h4-13,22H,1-3H3/t22-/m0/s1. The van der Waals surface area contributed by atoms with Gasteiger partial charge in [0.25, 0.3) is 5.91 Å². The van der Waals surface area contributed by atoms with Gasteiger partial charge in [-0.05, 0) is 48.9 Å². The van der Waals surface area contributed by atoms with E-state index in [1.165, 1.54) is 12.0 Å². The minimum Gasteiger partial charge on any atom is -0.493 e. The third kappa shape index (κ3) is 2.93. The van der Waals surface area contributed by atoms with Crippen molar-refractivity contribution in [2.75, 3.05) is 19.1 Å². The number of aryl methyl sites for hydroxylation is 1. The molecule has 160 valence electrons. The molecule has 32 heavy (non-hydrogen) atoms. The average Bonchev–Trinajstić information content (AvgIpc) is 3.12.